The van der Waals surface area contributed by atoms with Crippen LogP contribution < -0.4 is 10.1 Å². The van der Waals surface area contributed by atoms with E-state index in [2.05, 4.69) is 15.5 Å². The van der Waals surface area contributed by atoms with E-state index < -0.39 is 10.0 Å². The molecule has 0 saturated carbocycles. The molecule has 1 saturated heterocycles. The lowest BCUT2D eigenvalue weighted by Gasteiger charge is -2.29. The maximum absolute atomic E-state index is 12.7. The van der Waals surface area contributed by atoms with Crippen LogP contribution in [0.4, 0.5) is 6.01 Å². The molecule has 1 amide bonds. The molecular formula is C25H28N4O5S. The summed E-state index contributed by atoms with van der Waals surface area (Å²) in [5, 5.41) is 11.8. The van der Waals surface area contributed by atoms with Crippen LogP contribution in [0.25, 0.3) is 17.5 Å². The van der Waals surface area contributed by atoms with Crippen LogP contribution in [-0.2, 0) is 14.8 Å². The van der Waals surface area contributed by atoms with Crippen molar-refractivity contribution in [2.75, 3.05) is 25.0 Å². The van der Waals surface area contributed by atoms with Gasteiger partial charge in [-0.1, -0.05) is 34.9 Å². The number of aromatic nitrogens is 2. The number of carbonyl (C=O) groups excluding carboxylic acids is 1. The average Bonchev–Trinajstić information content (AvgIpc) is 3.33. The fraction of sp³-hybridized carbons (Fsp3) is 0.320. The summed E-state index contributed by atoms with van der Waals surface area (Å²) in [6.45, 7) is 4.99. The zero-order chi connectivity index (χ0) is 24.8. The minimum Gasteiger partial charge on any atom is -0.494 e. The first kappa shape index (κ1) is 24.6. The first-order chi connectivity index (χ1) is 16.8. The van der Waals surface area contributed by atoms with Crippen molar-refractivity contribution < 1.29 is 22.4 Å². The number of rotatable bonds is 8. The van der Waals surface area contributed by atoms with Gasteiger partial charge in [0.25, 0.3) is 0 Å². The summed E-state index contributed by atoms with van der Waals surface area (Å²) < 4.78 is 37.8. The summed E-state index contributed by atoms with van der Waals surface area (Å²) in [6, 6.07) is 14.8. The molecule has 184 valence electrons. The first-order valence-corrected chi connectivity index (χ1v) is 13.0. The first-order valence-electron chi connectivity index (χ1n) is 11.5. The third-order valence-corrected chi connectivity index (χ3v) is 7.33. The van der Waals surface area contributed by atoms with E-state index in [4.69, 9.17) is 9.15 Å². The highest BCUT2D eigenvalue weighted by molar-refractivity contribution is 7.92. The molecule has 35 heavy (non-hydrogen) atoms. The SMILES string of the molecule is CCOc1ccc(-c2nnc(NC(=O)C3CCN(S(=O)(=O)C=Cc4ccc(C)cc4)CC3)o2)cc1. The summed E-state index contributed by atoms with van der Waals surface area (Å²) in [5.74, 6) is 0.412. The summed E-state index contributed by atoms with van der Waals surface area (Å²) in [4.78, 5) is 12.7. The van der Waals surface area contributed by atoms with Crippen molar-refractivity contribution in [2.24, 2.45) is 5.92 Å². The van der Waals surface area contributed by atoms with Crippen molar-refractivity contribution in [2.45, 2.75) is 26.7 Å². The van der Waals surface area contributed by atoms with Crippen LogP contribution in [0.2, 0.25) is 0 Å². The van der Waals surface area contributed by atoms with E-state index in [1.54, 1.807) is 30.3 Å². The van der Waals surface area contributed by atoms with Gasteiger partial charge in [-0.15, -0.1) is 5.10 Å². The number of anilines is 1. The number of carbonyl (C=O) groups is 1. The van der Waals surface area contributed by atoms with Gasteiger partial charge in [-0.05, 0) is 62.6 Å². The van der Waals surface area contributed by atoms with Crippen LogP contribution >= 0.6 is 0 Å². The van der Waals surface area contributed by atoms with Gasteiger partial charge in [-0.2, -0.15) is 4.31 Å². The number of hydrogen-bond acceptors (Lipinski definition) is 7. The van der Waals surface area contributed by atoms with Gasteiger partial charge in [0.05, 0.1) is 6.61 Å². The molecule has 0 aliphatic carbocycles. The van der Waals surface area contributed by atoms with Crippen molar-refractivity contribution in [1.29, 1.82) is 0 Å². The van der Waals surface area contributed by atoms with E-state index in [9.17, 15) is 13.2 Å². The Morgan fingerprint density at radius 2 is 1.80 bits per heavy atom. The highest BCUT2D eigenvalue weighted by Crippen LogP contribution is 2.25. The van der Waals surface area contributed by atoms with Gasteiger partial charge in [0.1, 0.15) is 5.75 Å². The monoisotopic (exact) mass is 496 g/mol. The fourth-order valence-electron chi connectivity index (χ4n) is 3.76. The summed E-state index contributed by atoms with van der Waals surface area (Å²) >= 11 is 0. The molecule has 4 rings (SSSR count). The third kappa shape index (κ3) is 6.34. The standard InChI is InChI=1S/C25H28N4O5S/c1-3-33-22-10-8-21(9-11-22)24-27-28-25(34-24)26-23(30)20-12-15-29(16-13-20)35(31,32)17-14-19-6-4-18(2)5-7-19/h4-11,14,17,20H,3,12-13,15-16H2,1-2H3,(H,26,28,30). The number of piperidine rings is 1. The molecule has 0 unspecified atom stereocenters. The number of ether oxygens (including phenoxy) is 1. The van der Waals surface area contributed by atoms with Crippen LogP contribution in [0.3, 0.4) is 0 Å². The van der Waals surface area contributed by atoms with Gasteiger partial charge in [0, 0.05) is 30.0 Å². The third-order valence-electron chi connectivity index (χ3n) is 5.76. The number of nitrogens with zero attached hydrogens (tertiary/aromatic N) is 3. The van der Waals surface area contributed by atoms with Crippen LogP contribution in [0.15, 0.2) is 58.4 Å². The molecule has 1 aliphatic rings. The van der Waals surface area contributed by atoms with Crippen molar-refractivity contribution in [1.82, 2.24) is 14.5 Å². The average molecular weight is 497 g/mol. The number of hydrogen-bond donors (Lipinski definition) is 1. The van der Waals surface area contributed by atoms with E-state index in [0.29, 0.717) is 25.0 Å². The summed E-state index contributed by atoms with van der Waals surface area (Å²) in [5.41, 5.74) is 2.63. The van der Waals surface area contributed by atoms with Crippen LogP contribution in [0, 0.1) is 12.8 Å². The molecule has 1 aromatic heterocycles. The topological polar surface area (TPSA) is 115 Å². The normalized spacial score (nSPS) is 15.4. The summed E-state index contributed by atoms with van der Waals surface area (Å²) in [7, 11) is -3.56. The highest BCUT2D eigenvalue weighted by Gasteiger charge is 2.30. The lowest BCUT2D eigenvalue weighted by Crippen LogP contribution is -2.40. The lowest BCUT2D eigenvalue weighted by molar-refractivity contribution is -0.121. The van der Waals surface area contributed by atoms with Crippen molar-refractivity contribution in [3.05, 3.63) is 65.1 Å². The van der Waals surface area contributed by atoms with Crippen LogP contribution in [0.5, 0.6) is 5.75 Å². The fourth-order valence-corrected chi connectivity index (χ4v) is 4.98. The molecule has 3 aromatic rings. The Morgan fingerprint density at radius 3 is 2.46 bits per heavy atom. The van der Waals surface area contributed by atoms with Gasteiger partial charge >= 0.3 is 6.01 Å². The molecule has 10 heteroatoms. The highest BCUT2D eigenvalue weighted by atomic mass is 32.2. The van der Waals surface area contributed by atoms with E-state index in [-0.39, 0.29) is 36.8 Å². The van der Waals surface area contributed by atoms with Crippen LogP contribution in [-0.4, -0.2) is 48.5 Å². The molecule has 0 atom stereocenters. The quantitative estimate of drug-likeness (QED) is 0.499. The molecule has 0 radical (unpaired) electrons. The van der Waals surface area contributed by atoms with E-state index in [1.807, 2.05) is 38.1 Å². The second kappa shape index (κ2) is 10.8. The van der Waals surface area contributed by atoms with Crippen molar-refractivity contribution in [3.63, 3.8) is 0 Å². The second-order valence-electron chi connectivity index (χ2n) is 8.29. The minimum atomic E-state index is -3.56. The largest absolute Gasteiger partial charge is 0.494 e. The molecule has 2 heterocycles. The van der Waals surface area contributed by atoms with E-state index >= 15 is 0 Å². The molecule has 1 N–H and O–H groups in total. The van der Waals surface area contributed by atoms with E-state index in [0.717, 1.165) is 16.9 Å². The predicted molar refractivity (Wildman–Crippen MR) is 133 cm³/mol. The maximum atomic E-state index is 12.7. The number of benzene rings is 2. The smallest absolute Gasteiger partial charge is 0.322 e. The molecular weight excluding hydrogens is 468 g/mol. The van der Waals surface area contributed by atoms with Gasteiger partial charge in [-0.25, -0.2) is 8.42 Å². The molecule has 0 spiro atoms. The van der Waals surface area contributed by atoms with E-state index in [1.165, 1.54) is 9.71 Å². The molecule has 1 fully saturated rings. The molecule has 9 nitrogen and oxygen atoms in total. The molecule has 2 aromatic carbocycles. The van der Waals surface area contributed by atoms with Gasteiger partial charge in [0.2, 0.25) is 21.8 Å². The molecule has 1 aliphatic heterocycles. The Hall–Kier alpha value is -3.50. The van der Waals surface area contributed by atoms with Gasteiger partial charge < -0.3 is 9.15 Å². The lowest BCUT2D eigenvalue weighted by atomic mass is 9.97. The Kier molecular flexibility index (Phi) is 7.62. The molecule has 0 bridgehead atoms. The second-order valence-corrected chi connectivity index (χ2v) is 10.1. The van der Waals surface area contributed by atoms with Crippen molar-refractivity contribution >= 4 is 28.0 Å². The number of aryl methyl sites for hydroxylation is 1. The Morgan fingerprint density at radius 1 is 1.11 bits per heavy atom. The minimum absolute atomic E-state index is 0.00923. The predicted octanol–water partition coefficient (Wildman–Crippen LogP) is 4.09. The Balaban J connectivity index is 1.30. The number of nitrogens with one attached hydrogen (secondary N) is 1. The summed E-state index contributed by atoms with van der Waals surface area (Å²) in [6.07, 6.45) is 2.40. The van der Waals surface area contributed by atoms with Crippen LogP contribution in [0.1, 0.15) is 30.9 Å². The Bertz CT molecular complexity index is 1280. The zero-order valence-electron chi connectivity index (χ0n) is 19.7. The van der Waals surface area contributed by atoms with Gasteiger partial charge in [-0.3, -0.25) is 10.1 Å². The number of amides is 1. The maximum Gasteiger partial charge on any atom is 0.322 e. The van der Waals surface area contributed by atoms with Gasteiger partial charge in [0.15, 0.2) is 0 Å². The zero-order valence-corrected chi connectivity index (χ0v) is 20.5. The number of sulfonamides is 1. The van der Waals surface area contributed by atoms with Crippen molar-refractivity contribution in [3.8, 4) is 17.2 Å². The Labute approximate surface area is 204 Å².